The Balaban J connectivity index is 2.35. The predicted octanol–water partition coefficient (Wildman–Crippen LogP) is 5.25. The van der Waals surface area contributed by atoms with Gasteiger partial charge in [0.05, 0.1) is 0 Å². The fourth-order valence-electron chi connectivity index (χ4n) is 2.47. The maximum Gasteiger partial charge on any atom is 0.224 e. The number of para-hydroxylation sites is 1. The van der Waals surface area contributed by atoms with Crippen LogP contribution in [0.4, 0.5) is 5.69 Å². The van der Waals surface area contributed by atoms with Crippen LogP contribution in [0.1, 0.15) is 69.9 Å². The minimum Gasteiger partial charge on any atom is -0.326 e. The highest BCUT2D eigenvalue weighted by molar-refractivity contribution is 5.92. The molecule has 0 unspecified atom stereocenters. The minimum absolute atomic E-state index is 0.157. The summed E-state index contributed by atoms with van der Waals surface area (Å²) in [7, 11) is 0. The highest BCUT2D eigenvalue weighted by Gasteiger charge is 2.08. The van der Waals surface area contributed by atoms with E-state index in [1.165, 1.54) is 37.7 Å². The standard InChI is InChI=1S/C18H29NO/c1-4-6-7-8-9-10-14-17(20)19-18-15(3)12-11-13-16(18)5-2/h11-13H,4-10,14H2,1-3H3,(H,19,20). The van der Waals surface area contributed by atoms with E-state index in [0.29, 0.717) is 6.42 Å². The van der Waals surface area contributed by atoms with Crippen LogP contribution in [0, 0.1) is 6.92 Å². The van der Waals surface area contributed by atoms with E-state index in [9.17, 15) is 4.79 Å². The molecule has 0 spiro atoms. The molecule has 0 saturated carbocycles. The van der Waals surface area contributed by atoms with E-state index < -0.39 is 0 Å². The molecule has 2 nitrogen and oxygen atoms in total. The first kappa shape index (κ1) is 16.7. The maximum absolute atomic E-state index is 12.0. The summed E-state index contributed by atoms with van der Waals surface area (Å²) < 4.78 is 0. The molecule has 1 amide bonds. The van der Waals surface area contributed by atoms with E-state index in [2.05, 4.69) is 44.3 Å². The molecule has 1 rings (SSSR count). The Morgan fingerprint density at radius 1 is 1.05 bits per heavy atom. The van der Waals surface area contributed by atoms with E-state index in [1.807, 2.05) is 0 Å². The molecule has 0 heterocycles. The van der Waals surface area contributed by atoms with Gasteiger partial charge in [-0.25, -0.2) is 0 Å². The van der Waals surface area contributed by atoms with E-state index in [-0.39, 0.29) is 5.91 Å². The van der Waals surface area contributed by atoms with Crippen LogP contribution in [0.15, 0.2) is 18.2 Å². The second-order valence-electron chi connectivity index (χ2n) is 5.53. The molecule has 1 aromatic carbocycles. The van der Waals surface area contributed by atoms with Crippen LogP contribution in [0.2, 0.25) is 0 Å². The molecule has 0 aromatic heterocycles. The third-order valence-electron chi connectivity index (χ3n) is 3.76. The number of carbonyl (C=O) groups is 1. The third kappa shape index (κ3) is 5.77. The highest BCUT2D eigenvalue weighted by Crippen LogP contribution is 2.21. The van der Waals surface area contributed by atoms with Crippen molar-refractivity contribution in [3.8, 4) is 0 Å². The second-order valence-corrected chi connectivity index (χ2v) is 5.53. The summed E-state index contributed by atoms with van der Waals surface area (Å²) in [5, 5.41) is 3.09. The predicted molar refractivity (Wildman–Crippen MR) is 87.2 cm³/mol. The number of unbranched alkanes of at least 4 members (excludes halogenated alkanes) is 5. The van der Waals surface area contributed by atoms with Gasteiger partial charge in [-0.1, -0.05) is 64.2 Å². The van der Waals surface area contributed by atoms with Gasteiger partial charge in [0.25, 0.3) is 0 Å². The fraction of sp³-hybridized carbons (Fsp3) is 0.611. The molecule has 0 fully saturated rings. The van der Waals surface area contributed by atoms with Crippen molar-refractivity contribution in [2.24, 2.45) is 0 Å². The minimum atomic E-state index is 0.157. The Morgan fingerprint density at radius 2 is 1.75 bits per heavy atom. The molecule has 20 heavy (non-hydrogen) atoms. The average molecular weight is 275 g/mol. The van der Waals surface area contributed by atoms with Crippen LogP contribution in [0.5, 0.6) is 0 Å². The van der Waals surface area contributed by atoms with Crippen LogP contribution in [0.25, 0.3) is 0 Å². The number of hydrogen-bond acceptors (Lipinski definition) is 1. The molecule has 0 bridgehead atoms. The smallest absolute Gasteiger partial charge is 0.224 e. The lowest BCUT2D eigenvalue weighted by Crippen LogP contribution is -2.13. The van der Waals surface area contributed by atoms with Gasteiger partial charge in [-0.05, 0) is 30.9 Å². The van der Waals surface area contributed by atoms with Crippen molar-refractivity contribution in [2.75, 3.05) is 5.32 Å². The zero-order valence-corrected chi connectivity index (χ0v) is 13.3. The lowest BCUT2D eigenvalue weighted by molar-refractivity contribution is -0.116. The van der Waals surface area contributed by atoms with Crippen molar-refractivity contribution in [1.82, 2.24) is 0 Å². The van der Waals surface area contributed by atoms with E-state index in [0.717, 1.165) is 24.1 Å². The van der Waals surface area contributed by atoms with Crippen LogP contribution in [-0.4, -0.2) is 5.91 Å². The first-order valence-corrected chi connectivity index (χ1v) is 8.07. The van der Waals surface area contributed by atoms with Crippen molar-refractivity contribution >= 4 is 11.6 Å². The van der Waals surface area contributed by atoms with Gasteiger partial charge < -0.3 is 5.32 Å². The Morgan fingerprint density at radius 3 is 2.45 bits per heavy atom. The molecule has 0 atom stereocenters. The number of nitrogens with one attached hydrogen (secondary N) is 1. The molecule has 2 heteroatoms. The van der Waals surface area contributed by atoms with Gasteiger partial charge in [-0.15, -0.1) is 0 Å². The molecule has 0 aliphatic rings. The zero-order chi connectivity index (χ0) is 14.8. The fourth-order valence-corrected chi connectivity index (χ4v) is 2.47. The maximum atomic E-state index is 12.0. The number of aryl methyl sites for hydroxylation is 2. The first-order valence-electron chi connectivity index (χ1n) is 8.07. The van der Waals surface area contributed by atoms with E-state index in [1.54, 1.807) is 0 Å². The number of carbonyl (C=O) groups excluding carboxylic acids is 1. The SMILES string of the molecule is CCCCCCCCC(=O)Nc1c(C)cccc1CC. The summed E-state index contributed by atoms with van der Waals surface area (Å²) in [4.78, 5) is 12.0. The molecular formula is C18H29NO. The van der Waals surface area contributed by atoms with Crippen LogP contribution in [0.3, 0.4) is 0 Å². The number of amides is 1. The van der Waals surface area contributed by atoms with Gasteiger partial charge in [-0.2, -0.15) is 0 Å². The topological polar surface area (TPSA) is 29.1 Å². The third-order valence-corrected chi connectivity index (χ3v) is 3.76. The summed E-state index contributed by atoms with van der Waals surface area (Å²) in [5.41, 5.74) is 3.40. The Kier molecular flexibility index (Phi) is 8.01. The highest BCUT2D eigenvalue weighted by atomic mass is 16.1. The van der Waals surface area contributed by atoms with Gasteiger partial charge >= 0.3 is 0 Å². The van der Waals surface area contributed by atoms with Gasteiger partial charge in [0.15, 0.2) is 0 Å². The molecule has 0 saturated heterocycles. The Labute approximate surface area is 124 Å². The number of rotatable bonds is 9. The molecule has 1 N–H and O–H groups in total. The Bertz CT molecular complexity index is 412. The van der Waals surface area contributed by atoms with Crippen LogP contribution < -0.4 is 5.32 Å². The van der Waals surface area contributed by atoms with Crippen molar-refractivity contribution in [2.45, 2.75) is 72.1 Å². The number of hydrogen-bond donors (Lipinski definition) is 1. The quantitative estimate of drug-likeness (QED) is 0.613. The Hall–Kier alpha value is -1.31. The summed E-state index contributed by atoms with van der Waals surface area (Å²) >= 11 is 0. The molecule has 0 radical (unpaired) electrons. The second kappa shape index (κ2) is 9.57. The summed E-state index contributed by atoms with van der Waals surface area (Å²) in [6.45, 7) is 6.40. The lowest BCUT2D eigenvalue weighted by atomic mass is 10.1. The van der Waals surface area contributed by atoms with E-state index >= 15 is 0 Å². The molecular weight excluding hydrogens is 246 g/mol. The monoisotopic (exact) mass is 275 g/mol. The number of anilines is 1. The van der Waals surface area contributed by atoms with Crippen molar-refractivity contribution in [3.63, 3.8) is 0 Å². The molecule has 0 aliphatic heterocycles. The van der Waals surface area contributed by atoms with Gasteiger partial charge in [0, 0.05) is 12.1 Å². The van der Waals surface area contributed by atoms with Gasteiger partial charge in [0.1, 0.15) is 0 Å². The molecule has 1 aromatic rings. The van der Waals surface area contributed by atoms with E-state index in [4.69, 9.17) is 0 Å². The largest absolute Gasteiger partial charge is 0.326 e. The normalized spacial score (nSPS) is 10.6. The van der Waals surface area contributed by atoms with Crippen molar-refractivity contribution in [1.29, 1.82) is 0 Å². The van der Waals surface area contributed by atoms with Gasteiger partial charge in [-0.3, -0.25) is 4.79 Å². The van der Waals surface area contributed by atoms with Crippen LogP contribution in [-0.2, 0) is 11.2 Å². The first-order chi connectivity index (χ1) is 9.69. The summed E-state index contributed by atoms with van der Waals surface area (Å²) in [6.07, 6.45) is 8.91. The average Bonchev–Trinajstić information content (AvgIpc) is 2.45. The molecule has 112 valence electrons. The van der Waals surface area contributed by atoms with Crippen molar-refractivity contribution in [3.05, 3.63) is 29.3 Å². The number of benzene rings is 1. The van der Waals surface area contributed by atoms with Crippen molar-refractivity contribution < 1.29 is 4.79 Å². The van der Waals surface area contributed by atoms with Crippen LogP contribution >= 0.6 is 0 Å². The zero-order valence-electron chi connectivity index (χ0n) is 13.3. The van der Waals surface area contributed by atoms with Gasteiger partial charge in [0.2, 0.25) is 5.91 Å². The summed E-state index contributed by atoms with van der Waals surface area (Å²) in [5.74, 6) is 0.157. The summed E-state index contributed by atoms with van der Waals surface area (Å²) in [6, 6.07) is 6.20. The lowest BCUT2D eigenvalue weighted by Gasteiger charge is -2.12. The molecule has 0 aliphatic carbocycles.